The number of nitrogens with zero attached hydrogens (tertiary/aromatic N) is 3. The molecule has 1 aromatic rings. The van der Waals surface area contributed by atoms with Gasteiger partial charge in [-0.3, -0.25) is 4.79 Å². The number of nitrogens with one attached hydrogen (secondary N) is 1. The van der Waals surface area contributed by atoms with Crippen molar-refractivity contribution in [3.8, 4) is 0 Å². The molecule has 2 atom stereocenters. The van der Waals surface area contributed by atoms with Crippen LogP contribution in [0.4, 0.5) is 14.9 Å². The first-order chi connectivity index (χ1) is 14.5. The van der Waals surface area contributed by atoms with Crippen molar-refractivity contribution in [3.63, 3.8) is 0 Å². The fourth-order valence-corrected chi connectivity index (χ4v) is 4.08. The molecule has 172 valence electrons. The normalized spacial score (nSPS) is 21.2. The van der Waals surface area contributed by atoms with E-state index in [1.807, 2.05) is 27.7 Å². The van der Waals surface area contributed by atoms with Gasteiger partial charge in [0.05, 0.1) is 12.0 Å². The molecule has 2 unspecified atom stereocenters. The number of piperazine rings is 1. The van der Waals surface area contributed by atoms with Crippen molar-refractivity contribution in [1.82, 2.24) is 15.1 Å². The van der Waals surface area contributed by atoms with Crippen molar-refractivity contribution >= 4 is 17.7 Å². The van der Waals surface area contributed by atoms with Crippen LogP contribution in [0.5, 0.6) is 0 Å². The maximum absolute atomic E-state index is 14.1. The Morgan fingerprint density at radius 2 is 1.84 bits per heavy atom. The zero-order chi connectivity index (χ0) is 22.8. The standard InChI is InChI=1S/C23H35FN4O3/c1-16(19-14-18(24)6-7-20(19)27-12-10-26(5)11-13-27)25-21(29)17-8-9-28(15-17)22(30)31-23(2,3)4/h6-7,14,16-17H,8-13,15H2,1-5H3,(H,25,29). The number of likely N-dealkylation sites (tertiary alicyclic amines) is 1. The van der Waals surface area contributed by atoms with Gasteiger partial charge >= 0.3 is 6.09 Å². The van der Waals surface area contributed by atoms with Gasteiger partial charge in [-0.25, -0.2) is 9.18 Å². The Bertz CT molecular complexity index is 803. The van der Waals surface area contributed by atoms with Crippen LogP contribution in [0.15, 0.2) is 18.2 Å². The molecule has 2 saturated heterocycles. The topological polar surface area (TPSA) is 65.1 Å². The summed E-state index contributed by atoms with van der Waals surface area (Å²) in [4.78, 5) is 31.3. The van der Waals surface area contributed by atoms with E-state index in [1.54, 1.807) is 11.0 Å². The Balaban J connectivity index is 1.64. The van der Waals surface area contributed by atoms with E-state index in [0.29, 0.717) is 19.5 Å². The van der Waals surface area contributed by atoms with Crippen molar-refractivity contribution in [3.05, 3.63) is 29.6 Å². The molecule has 2 fully saturated rings. The molecular weight excluding hydrogens is 399 g/mol. The Labute approximate surface area is 184 Å². The first kappa shape index (κ1) is 23.3. The Morgan fingerprint density at radius 3 is 2.48 bits per heavy atom. The summed E-state index contributed by atoms with van der Waals surface area (Å²) in [6.07, 6.45) is 0.199. The number of carbonyl (C=O) groups is 2. The highest BCUT2D eigenvalue weighted by Gasteiger charge is 2.34. The molecule has 0 aromatic heterocycles. The van der Waals surface area contributed by atoms with E-state index in [1.165, 1.54) is 12.1 Å². The minimum atomic E-state index is -0.566. The number of hydrogen-bond donors (Lipinski definition) is 1. The summed E-state index contributed by atoms with van der Waals surface area (Å²) >= 11 is 0. The van der Waals surface area contributed by atoms with Crippen LogP contribution < -0.4 is 10.2 Å². The van der Waals surface area contributed by atoms with Gasteiger partial charge < -0.3 is 24.8 Å². The minimum absolute atomic E-state index is 0.118. The first-order valence-corrected chi connectivity index (χ1v) is 11.0. The van der Waals surface area contributed by atoms with E-state index in [9.17, 15) is 14.0 Å². The number of benzene rings is 1. The number of carbonyl (C=O) groups excluding carboxylic acids is 2. The Hall–Kier alpha value is -2.35. The molecule has 3 rings (SSSR count). The molecule has 2 aliphatic heterocycles. The number of amides is 2. The molecule has 0 aliphatic carbocycles. The summed E-state index contributed by atoms with van der Waals surface area (Å²) in [5.41, 5.74) is 1.17. The van der Waals surface area contributed by atoms with E-state index in [-0.39, 0.29) is 23.7 Å². The van der Waals surface area contributed by atoms with Crippen LogP contribution in [0.3, 0.4) is 0 Å². The molecule has 0 radical (unpaired) electrons. The summed E-state index contributed by atoms with van der Waals surface area (Å²) in [5, 5.41) is 3.04. The number of ether oxygens (including phenoxy) is 1. The number of rotatable bonds is 4. The van der Waals surface area contributed by atoms with Crippen LogP contribution in [0.2, 0.25) is 0 Å². The average Bonchev–Trinajstić information content (AvgIpc) is 3.18. The summed E-state index contributed by atoms with van der Waals surface area (Å²) in [6.45, 7) is 11.8. The maximum Gasteiger partial charge on any atom is 0.410 e. The van der Waals surface area contributed by atoms with Gasteiger partial charge in [-0.1, -0.05) is 0 Å². The minimum Gasteiger partial charge on any atom is -0.444 e. The molecule has 7 nitrogen and oxygen atoms in total. The van der Waals surface area contributed by atoms with Crippen molar-refractivity contribution in [2.75, 3.05) is 51.2 Å². The molecular formula is C23H35FN4O3. The van der Waals surface area contributed by atoms with Crippen molar-refractivity contribution in [1.29, 1.82) is 0 Å². The van der Waals surface area contributed by atoms with Crippen LogP contribution in [0.1, 0.15) is 45.7 Å². The monoisotopic (exact) mass is 434 g/mol. The summed E-state index contributed by atoms with van der Waals surface area (Å²) in [5.74, 6) is -0.728. The fraction of sp³-hybridized carbons (Fsp3) is 0.652. The molecule has 0 saturated carbocycles. The summed E-state index contributed by atoms with van der Waals surface area (Å²) in [6, 6.07) is 4.45. The average molecular weight is 435 g/mol. The second kappa shape index (κ2) is 9.42. The molecule has 1 N–H and O–H groups in total. The second-order valence-corrected chi connectivity index (χ2v) is 9.64. The van der Waals surface area contributed by atoms with E-state index in [4.69, 9.17) is 4.74 Å². The Kier molecular flexibility index (Phi) is 7.09. The predicted octanol–water partition coefficient (Wildman–Crippen LogP) is 3.01. The zero-order valence-corrected chi connectivity index (χ0v) is 19.3. The summed E-state index contributed by atoms with van der Waals surface area (Å²) < 4.78 is 19.5. The largest absolute Gasteiger partial charge is 0.444 e. The lowest BCUT2D eigenvalue weighted by Gasteiger charge is -2.36. The van der Waals surface area contributed by atoms with Gasteiger partial charge in [0.2, 0.25) is 5.91 Å². The number of likely N-dealkylation sites (N-methyl/N-ethyl adjacent to an activating group) is 1. The van der Waals surface area contributed by atoms with Crippen molar-refractivity contribution < 1.29 is 18.7 Å². The van der Waals surface area contributed by atoms with Crippen LogP contribution >= 0.6 is 0 Å². The smallest absolute Gasteiger partial charge is 0.410 e. The van der Waals surface area contributed by atoms with Gasteiger partial charge in [0, 0.05) is 50.5 Å². The molecule has 2 amide bonds. The number of anilines is 1. The van der Waals surface area contributed by atoms with E-state index in [0.717, 1.165) is 37.4 Å². The number of hydrogen-bond acceptors (Lipinski definition) is 5. The number of halogens is 1. The van der Waals surface area contributed by atoms with Gasteiger partial charge in [0.1, 0.15) is 11.4 Å². The highest BCUT2D eigenvalue weighted by Crippen LogP contribution is 2.29. The predicted molar refractivity (Wildman–Crippen MR) is 119 cm³/mol. The SMILES string of the molecule is CC(NC(=O)C1CCN(C(=O)OC(C)(C)C)C1)c1cc(F)ccc1N1CCN(C)CC1. The molecule has 1 aromatic carbocycles. The van der Waals surface area contributed by atoms with E-state index >= 15 is 0 Å². The molecule has 2 aliphatic rings. The molecule has 0 spiro atoms. The van der Waals surface area contributed by atoms with Crippen LogP contribution in [-0.4, -0.2) is 73.7 Å². The van der Waals surface area contributed by atoms with Crippen LogP contribution in [0, 0.1) is 11.7 Å². The highest BCUT2D eigenvalue weighted by molar-refractivity contribution is 5.81. The molecule has 2 heterocycles. The third-order valence-corrected chi connectivity index (χ3v) is 5.87. The van der Waals surface area contributed by atoms with E-state index < -0.39 is 11.7 Å². The molecule has 0 bridgehead atoms. The third-order valence-electron chi connectivity index (χ3n) is 5.87. The maximum atomic E-state index is 14.1. The van der Waals surface area contributed by atoms with Crippen molar-refractivity contribution in [2.45, 2.75) is 45.8 Å². The lowest BCUT2D eigenvalue weighted by atomic mass is 10.0. The lowest BCUT2D eigenvalue weighted by molar-refractivity contribution is -0.125. The van der Waals surface area contributed by atoms with Gasteiger partial charge in [-0.2, -0.15) is 0 Å². The van der Waals surface area contributed by atoms with Crippen LogP contribution in [0.25, 0.3) is 0 Å². The van der Waals surface area contributed by atoms with Crippen LogP contribution in [-0.2, 0) is 9.53 Å². The zero-order valence-electron chi connectivity index (χ0n) is 19.3. The second-order valence-electron chi connectivity index (χ2n) is 9.64. The molecule has 8 heteroatoms. The first-order valence-electron chi connectivity index (χ1n) is 11.0. The Morgan fingerprint density at radius 1 is 1.16 bits per heavy atom. The van der Waals surface area contributed by atoms with Crippen molar-refractivity contribution in [2.24, 2.45) is 5.92 Å². The quantitative estimate of drug-likeness (QED) is 0.789. The summed E-state index contributed by atoms with van der Waals surface area (Å²) in [7, 11) is 2.09. The van der Waals surface area contributed by atoms with Gasteiger partial charge in [0.15, 0.2) is 0 Å². The van der Waals surface area contributed by atoms with Gasteiger partial charge in [0.25, 0.3) is 0 Å². The van der Waals surface area contributed by atoms with Gasteiger partial charge in [-0.15, -0.1) is 0 Å². The molecule has 31 heavy (non-hydrogen) atoms. The van der Waals surface area contributed by atoms with E-state index in [2.05, 4.69) is 22.2 Å². The lowest BCUT2D eigenvalue weighted by Crippen LogP contribution is -2.45. The fourth-order valence-electron chi connectivity index (χ4n) is 4.08. The van der Waals surface area contributed by atoms with Gasteiger partial charge in [-0.05, 0) is 59.4 Å². The highest BCUT2D eigenvalue weighted by atomic mass is 19.1. The third kappa shape index (κ3) is 6.09.